The molecule has 0 amide bonds. The molecule has 2 unspecified atom stereocenters. The lowest BCUT2D eigenvalue weighted by molar-refractivity contribution is -0.153. The van der Waals surface area contributed by atoms with Crippen molar-refractivity contribution < 1.29 is 14.6 Å². The van der Waals surface area contributed by atoms with Crippen LogP contribution in [0, 0.1) is 17.3 Å². The van der Waals surface area contributed by atoms with Crippen LogP contribution in [0.4, 0.5) is 0 Å². The molecule has 0 spiro atoms. The summed E-state index contributed by atoms with van der Waals surface area (Å²) in [6.07, 6.45) is 6.48. The number of hydrogen-bond donors (Lipinski definition) is 1. The van der Waals surface area contributed by atoms with E-state index in [0.29, 0.717) is 12.5 Å². The molecule has 2 rings (SSSR count). The van der Waals surface area contributed by atoms with Gasteiger partial charge in [0, 0.05) is 19.7 Å². The molecule has 2 fully saturated rings. The molecular formula is C16H29NO3. The first-order valence-corrected chi connectivity index (χ1v) is 8.01. The molecule has 116 valence electrons. The van der Waals surface area contributed by atoms with E-state index in [1.807, 2.05) is 7.05 Å². The second-order valence-corrected chi connectivity index (χ2v) is 7.04. The first-order chi connectivity index (χ1) is 9.52. The van der Waals surface area contributed by atoms with Crippen LogP contribution < -0.4 is 0 Å². The van der Waals surface area contributed by atoms with Crippen molar-refractivity contribution in [2.75, 3.05) is 33.4 Å². The van der Waals surface area contributed by atoms with E-state index < -0.39 is 11.4 Å². The molecule has 0 radical (unpaired) electrons. The highest BCUT2D eigenvalue weighted by Crippen LogP contribution is 2.40. The standard InChI is InChI=1S/C16H29NO3/c1-13-4-3-7-16(10-13,15(18)19)12-17(2)8-9-20-11-14-5-6-14/h13-14H,3-12H2,1-2H3,(H,18,19). The number of carbonyl (C=O) groups is 1. The van der Waals surface area contributed by atoms with Crippen LogP contribution >= 0.6 is 0 Å². The SMILES string of the molecule is CC1CCCC(CN(C)CCOCC2CC2)(C(=O)O)C1. The highest BCUT2D eigenvalue weighted by atomic mass is 16.5. The van der Waals surface area contributed by atoms with Crippen LogP contribution in [0.1, 0.15) is 45.4 Å². The fourth-order valence-electron chi connectivity index (χ4n) is 3.42. The van der Waals surface area contributed by atoms with E-state index in [-0.39, 0.29) is 0 Å². The van der Waals surface area contributed by atoms with Gasteiger partial charge in [0.1, 0.15) is 0 Å². The monoisotopic (exact) mass is 283 g/mol. The molecule has 0 bridgehead atoms. The molecule has 2 atom stereocenters. The van der Waals surface area contributed by atoms with Crippen LogP contribution in [0.15, 0.2) is 0 Å². The molecule has 4 nitrogen and oxygen atoms in total. The Kier molecular flexibility index (Phi) is 5.44. The van der Waals surface area contributed by atoms with Gasteiger partial charge in [0.25, 0.3) is 0 Å². The molecule has 1 N–H and O–H groups in total. The Morgan fingerprint density at radius 3 is 2.75 bits per heavy atom. The van der Waals surface area contributed by atoms with Crippen LogP contribution in [0.3, 0.4) is 0 Å². The second kappa shape index (κ2) is 6.90. The lowest BCUT2D eigenvalue weighted by atomic mass is 9.70. The third kappa shape index (κ3) is 4.45. The van der Waals surface area contributed by atoms with Crippen molar-refractivity contribution >= 4 is 5.97 Å². The molecule has 0 heterocycles. The summed E-state index contributed by atoms with van der Waals surface area (Å²) in [7, 11) is 2.02. The Bertz CT molecular complexity index is 330. The van der Waals surface area contributed by atoms with Crippen LogP contribution in [0.25, 0.3) is 0 Å². The van der Waals surface area contributed by atoms with E-state index in [2.05, 4.69) is 11.8 Å². The summed E-state index contributed by atoms with van der Waals surface area (Å²) in [5.41, 5.74) is -0.539. The van der Waals surface area contributed by atoms with Crippen molar-refractivity contribution in [2.45, 2.75) is 45.4 Å². The number of aliphatic carboxylic acids is 1. The van der Waals surface area contributed by atoms with Crippen molar-refractivity contribution in [1.82, 2.24) is 4.90 Å². The van der Waals surface area contributed by atoms with E-state index in [9.17, 15) is 9.90 Å². The smallest absolute Gasteiger partial charge is 0.310 e. The maximum absolute atomic E-state index is 11.7. The predicted octanol–water partition coefficient (Wildman–Crippen LogP) is 2.63. The number of nitrogens with zero attached hydrogens (tertiary/aromatic N) is 1. The molecule has 0 aromatic carbocycles. The zero-order valence-corrected chi connectivity index (χ0v) is 12.9. The molecule has 2 aliphatic rings. The van der Waals surface area contributed by atoms with Gasteiger partial charge in [0.15, 0.2) is 0 Å². The molecule has 4 heteroatoms. The van der Waals surface area contributed by atoms with Crippen molar-refractivity contribution in [1.29, 1.82) is 0 Å². The average Bonchev–Trinajstić information content (AvgIpc) is 3.18. The van der Waals surface area contributed by atoms with Gasteiger partial charge >= 0.3 is 5.97 Å². The lowest BCUT2D eigenvalue weighted by Gasteiger charge is -2.39. The lowest BCUT2D eigenvalue weighted by Crippen LogP contribution is -2.45. The van der Waals surface area contributed by atoms with Gasteiger partial charge in [-0.15, -0.1) is 0 Å². The van der Waals surface area contributed by atoms with E-state index in [1.54, 1.807) is 0 Å². The Morgan fingerprint density at radius 2 is 2.15 bits per heavy atom. The van der Waals surface area contributed by atoms with Crippen LogP contribution in [-0.2, 0) is 9.53 Å². The van der Waals surface area contributed by atoms with Gasteiger partial charge in [-0.25, -0.2) is 0 Å². The van der Waals surface area contributed by atoms with E-state index in [4.69, 9.17) is 4.74 Å². The summed E-state index contributed by atoms with van der Waals surface area (Å²) >= 11 is 0. The number of carboxylic acid groups (broad SMARTS) is 1. The second-order valence-electron chi connectivity index (χ2n) is 7.04. The summed E-state index contributed by atoms with van der Waals surface area (Å²) in [4.78, 5) is 13.9. The molecular weight excluding hydrogens is 254 g/mol. The quantitative estimate of drug-likeness (QED) is 0.696. The summed E-state index contributed by atoms with van der Waals surface area (Å²) in [5, 5.41) is 9.65. The van der Waals surface area contributed by atoms with Gasteiger partial charge in [0.05, 0.1) is 12.0 Å². The molecule has 2 aliphatic carbocycles. The van der Waals surface area contributed by atoms with Gasteiger partial charge in [-0.3, -0.25) is 4.79 Å². The van der Waals surface area contributed by atoms with Gasteiger partial charge in [-0.1, -0.05) is 19.8 Å². The predicted molar refractivity (Wildman–Crippen MR) is 78.7 cm³/mol. The van der Waals surface area contributed by atoms with Crippen molar-refractivity contribution in [3.8, 4) is 0 Å². The largest absolute Gasteiger partial charge is 0.481 e. The number of ether oxygens (including phenoxy) is 1. The minimum atomic E-state index is -0.616. The highest BCUT2D eigenvalue weighted by Gasteiger charge is 2.42. The summed E-state index contributed by atoms with van der Waals surface area (Å²) < 4.78 is 5.64. The van der Waals surface area contributed by atoms with Gasteiger partial charge in [0.2, 0.25) is 0 Å². The van der Waals surface area contributed by atoms with E-state index >= 15 is 0 Å². The van der Waals surface area contributed by atoms with Gasteiger partial charge in [-0.05, 0) is 44.6 Å². The third-order valence-corrected chi connectivity index (χ3v) is 4.79. The van der Waals surface area contributed by atoms with E-state index in [1.165, 1.54) is 19.3 Å². The average molecular weight is 283 g/mol. The minimum absolute atomic E-state index is 0.527. The van der Waals surface area contributed by atoms with Crippen molar-refractivity contribution in [2.24, 2.45) is 17.3 Å². The van der Waals surface area contributed by atoms with Crippen molar-refractivity contribution in [3.63, 3.8) is 0 Å². The molecule has 20 heavy (non-hydrogen) atoms. The van der Waals surface area contributed by atoms with Crippen LogP contribution in [0.5, 0.6) is 0 Å². The topological polar surface area (TPSA) is 49.8 Å². The van der Waals surface area contributed by atoms with Gasteiger partial charge in [-0.2, -0.15) is 0 Å². The fourth-order valence-corrected chi connectivity index (χ4v) is 3.42. The summed E-state index contributed by atoms with van der Waals surface area (Å²) in [6.45, 7) is 5.26. The number of carboxylic acids is 1. The zero-order valence-electron chi connectivity index (χ0n) is 12.9. The number of hydrogen-bond acceptors (Lipinski definition) is 3. The molecule has 0 aromatic rings. The zero-order chi connectivity index (χ0) is 14.6. The summed E-state index contributed by atoms with van der Waals surface area (Å²) in [5.74, 6) is 0.707. The Morgan fingerprint density at radius 1 is 1.40 bits per heavy atom. The molecule has 0 saturated heterocycles. The Labute approximate surface area is 122 Å². The van der Waals surface area contributed by atoms with Crippen molar-refractivity contribution in [3.05, 3.63) is 0 Å². The Balaban J connectivity index is 1.75. The molecule has 2 saturated carbocycles. The maximum atomic E-state index is 11.7. The first-order valence-electron chi connectivity index (χ1n) is 8.01. The fraction of sp³-hybridized carbons (Fsp3) is 0.938. The van der Waals surface area contributed by atoms with Crippen LogP contribution in [-0.4, -0.2) is 49.3 Å². The maximum Gasteiger partial charge on any atom is 0.310 e. The highest BCUT2D eigenvalue weighted by molar-refractivity contribution is 5.75. The minimum Gasteiger partial charge on any atom is -0.481 e. The first kappa shape index (κ1) is 15.8. The molecule has 0 aliphatic heterocycles. The van der Waals surface area contributed by atoms with Gasteiger partial charge < -0.3 is 14.7 Å². The Hall–Kier alpha value is -0.610. The third-order valence-electron chi connectivity index (χ3n) is 4.79. The molecule has 0 aromatic heterocycles. The summed E-state index contributed by atoms with van der Waals surface area (Å²) in [6, 6.07) is 0. The number of likely N-dealkylation sites (N-methyl/N-ethyl adjacent to an activating group) is 1. The van der Waals surface area contributed by atoms with Crippen LogP contribution in [0.2, 0.25) is 0 Å². The normalized spacial score (nSPS) is 30.6. The number of rotatable bonds is 8. The van der Waals surface area contributed by atoms with E-state index in [0.717, 1.165) is 44.9 Å².